The van der Waals surface area contributed by atoms with Gasteiger partial charge in [-0.05, 0) is 53.1 Å². The topological polar surface area (TPSA) is 31.2 Å². The Balaban J connectivity index is 1.74. The first-order valence-electron chi connectivity index (χ1n) is 10.6. The molecule has 4 aromatic rings. The second kappa shape index (κ2) is 9.00. The van der Waals surface area contributed by atoms with Crippen molar-refractivity contribution in [3.05, 3.63) is 90.1 Å². The zero-order valence-corrected chi connectivity index (χ0v) is 17.6. The highest BCUT2D eigenvalue weighted by Gasteiger charge is 2.17. The highest BCUT2D eigenvalue weighted by atomic mass is 16.5. The van der Waals surface area contributed by atoms with Crippen molar-refractivity contribution in [2.24, 2.45) is 0 Å². The van der Waals surface area contributed by atoms with Crippen LogP contribution in [0.25, 0.3) is 22.0 Å². The number of carbonyl (C=O) groups is 1. The number of ketones is 1. The van der Waals surface area contributed by atoms with E-state index < -0.39 is 0 Å². The van der Waals surface area contributed by atoms with Gasteiger partial charge in [0.2, 0.25) is 0 Å². The van der Waals surface area contributed by atoms with Crippen molar-refractivity contribution < 1.29 is 9.53 Å². The Hall–Kier alpha value is -3.33. The molecule has 3 heteroatoms. The second-order valence-electron chi connectivity index (χ2n) is 7.60. The number of ether oxygens (including phenoxy) is 1. The van der Waals surface area contributed by atoms with E-state index in [2.05, 4.69) is 23.6 Å². The van der Waals surface area contributed by atoms with Gasteiger partial charge in [0.05, 0.1) is 7.11 Å². The summed E-state index contributed by atoms with van der Waals surface area (Å²) in [5.74, 6) is 0.894. The van der Waals surface area contributed by atoms with Crippen molar-refractivity contribution in [3.8, 4) is 17.0 Å². The number of aryl methyl sites for hydroxylation is 1. The third-order valence-electron chi connectivity index (χ3n) is 5.58. The van der Waals surface area contributed by atoms with Gasteiger partial charge in [0.25, 0.3) is 0 Å². The lowest BCUT2D eigenvalue weighted by atomic mass is 9.98. The van der Waals surface area contributed by atoms with Gasteiger partial charge in [-0.2, -0.15) is 0 Å². The first-order chi connectivity index (χ1) is 14.7. The van der Waals surface area contributed by atoms with E-state index in [-0.39, 0.29) is 5.78 Å². The van der Waals surface area contributed by atoms with Crippen LogP contribution in [0.2, 0.25) is 0 Å². The summed E-state index contributed by atoms with van der Waals surface area (Å²) >= 11 is 0. The molecule has 0 saturated heterocycles. The Kier molecular flexibility index (Phi) is 5.99. The SMILES string of the molecule is CCCCCn1cc(C(=O)c2cccc3ccccc23)cc1-c1ccc(OC)cc1. The molecule has 0 unspecified atom stereocenters. The third-order valence-corrected chi connectivity index (χ3v) is 5.58. The predicted octanol–water partition coefficient (Wildman–Crippen LogP) is 6.74. The number of fused-ring (bicyclic) bond motifs is 1. The van der Waals surface area contributed by atoms with Gasteiger partial charge in [-0.15, -0.1) is 0 Å². The predicted molar refractivity (Wildman–Crippen MR) is 123 cm³/mol. The van der Waals surface area contributed by atoms with Crippen molar-refractivity contribution in [2.45, 2.75) is 32.7 Å². The Morgan fingerprint density at radius 3 is 2.47 bits per heavy atom. The van der Waals surface area contributed by atoms with Crippen molar-refractivity contribution in [3.63, 3.8) is 0 Å². The van der Waals surface area contributed by atoms with Crippen molar-refractivity contribution in [2.75, 3.05) is 7.11 Å². The smallest absolute Gasteiger partial charge is 0.195 e. The van der Waals surface area contributed by atoms with E-state index in [0.717, 1.165) is 51.9 Å². The molecule has 0 bridgehead atoms. The minimum Gasteiger partial charge on any atom is -0.497 e. The maximum Gasteiger partial charge on any atom is 0.195 e. The van der Waals surface area contributed by atoms with Gasteiger partial charge in [0, 0.05) is 29.6 Å². The summed E-state index contributed by atoms with van der Waals surface area (Å²) in [6, 6.07) is 24.0. The Morgan fingerprint density at radius 2 is 1.70 bits per heavy atom. The van der Waals surface area contributed by atoms with Crippen LogP contribution in [-0.2, 0) is 6.54 Å². The summed E-state index contributed by atoms with van der Waals surface area (Å²) < 4.78 is 7.51. The largest absolute Gasteiger partial charge is 0.497 e. The number of carbonyl (C=O) groups excluding carboxylic acids is 1. The van der Waals surface area contributed by atoms with Crippen LogP contribution in [0.1, 0.15) is 42.1 Å². The van der Waals surface area contributed by atoms with Crippen LogP contribution in [0.5, 0.6) is 5.75 Å². The monoisotopic (exact) mass is 397 g/mol. The zero-order valence-electron chi connectivity index (χ0n) is 17.6. The number of hydrogen-bond donors (Lipinski definition) is 0. The summed E-state index contributed by atoms with van der Waals surface area (Å²) in [4.78, 5) is 13.5. The first kappa shape index (κ1) is 20.0. The lowest BCUT2D eigenvalue weighted by Gasteiger charge is -2.09. The van der Waals surface area contributed by atoms with Gasteiger partial charge in [0.1, 0.15) is 5.75 Å². The molecule has 0 spiro atoms. The molecule has 3 nitrogen and oxygen atoms in total. The first-order valence-corrected chi connectivity index (χ1v) is 10.6. The number of rotatable bonds is 8. The van der Waals surface area contributed by atoms with Gasteiger partial charge in [-0.25, -0.2) is 0 Å². The van der Waals surface area contributed by atoms with E-state index in [1.54, 1.807) is 7.11 Å². The molecular formula is C27H27NO2. The fourth-order valence-electron chi connectivity index (χ4n) is 3.94. The summed E-state index contributed by atoms with van der Waals surface area (Å²) in [5.41, 5.74) is 3.63. The zero-order chi connectivity index (χ0) is 20.9. The highest BCUT2D eigenvalue weighted by Crippen LogP contribution is 2.28. The van der Waals surface area contributed by atoms with Gasteiger partial charge in [-0.3, -0.25) is 4.79 Å². The molecule has 0 amide bonds. The molecule has 4 rings (SSSR count). The number of benzene rings is 3. The van der Waals surface area contributed by atoms with E-state index in [1.807, 2.05) is 66.9 Å². The minimum atomic E-state index is 0.0656. The molecule has 30 heavy (non-hydrogen) atoms. The molecule has 0 atom stereocenters. The van der Waals surface area contributed by atoms with E-state index >= 15 is 0 Å². The van der Waals surface area contributed by atoms with Gasteiger partial charge in [-0.1, -0.05) is 62.2 Å². The second-order valence-corrected chi connectivity index (χ2v) is 7.60. The number of hydrogen-bond acceptors (Lipinski definition) is 2. The summed E-state index contributed by atoms with van der Waals surface area (Å²) in [7, 11) is 1.67. The molecule has 0 saturated carbocycles. The fourth-order valence-corrected chi connectivity index (χ4v) is 3.94. The van der Waals surface area contributed by atoms with Crippen LogP contribution in [0.3, 0.4) is 0 Å². The minimum absolute atomic E-state index is 0.0656. The molecule has 0 aliphatic carbocycles. The van der Waals surface area contributed by atoms with Gasteiger partial charge >= 0.3 is 0 Å². The molecule has 0 radical (unpaired) electrons. The van der Waals surface area contributed by atoms with Crippen molar-refractivity contribution >= 4 is 16.6 Å². The van der Waals surface area contributed by atoms with E-state index in [4.69, 9.17) is 4.74 Å². The number of nitrogens with zero attached hydrogens (tertiary/aromatic N) is 1. The normalized spacial score (nSPS) is 11.0. The van der Waals surface area contributed by atoms with Crippen molar-refractivity contribution in [1.82, 2.24) is 4.57 Å². The summed E-state index contributed by atoms with van der Waals surface area (Å²) in [6.07, 6.45) is 5.45. The number of aromatic nitrogens is 1. The molecule has 152 valence electrons. The number of unbranched alkanes of at least 4 members (excludes halogenated alkanes) is 2. The number of methoxy groups -OCH3 is 1. The van der Waals surface area contributed by atoms with Crippen LogP contribution in [0, 0.1) is 0 Å². The quantitative estimate of drug-likeness (QED) is 0.244. The van der Waals surface area contributed by atoms with Crippen LogP contribution in [0.15, 0.2) is 79.0 Å². The highest BCUT2D eigenvalue weighted by molar-refractivity contribution is 6.16. The standard InChI is InChI=1S/C27H27NO2/c1-3-4-7-17-28-19-22(18-26(28)21-13-15-23(30-2)16-14-21)27(29)25-12-8-10-20-9-5-6-11-24(20)25/h5-6,8-16,18-19H,3-4,7,17H2,1-2H3. The average molecular weight is 398 g/mol. The molecule has 3 aromatic carbocycles. The van der Waals surface area contributed by atoms with Crippen LogP contribution < -0.4 is 4.74 Å². The summed E-state index contributed by atoms with van der Waals surface area (Å²) in [5, 5.41) is 2.08. The lowest BCUT2D eigenvalue weighted by molar-refractivity contribution is 0.104. The molecule has 0 N–H and O–H groups in total. The molecule has 0 fully saturated rings. The fraction of sp³-hybridized carbons (Fsp3) is 0.222. The third kappa shape index (κ3) is 4.02. The average Bonchev–Trinajstić information content (AvgIpc) is 3.22. The van der Waals surface area contributed by atoms with Gasteiger partial charge in [0.15, 0.2) is 5.78 Å². The molecular weight excluding hydrogens is 370 g/mol. The Morgan fingerprint density at radius 1 is 0.933 bits per heavy atom. The molecule has 1 heterocycles. The maximum atomic E-state index is 13.5. The maximum absolute atomic E-state index is 13.5. The molecule has 0 aliphatic heterocycles. The van der Waals surface area contributed by atoms with E-state index in [0.29, 0.717) is 0 Å². The molecule has 1 aromatic heterocycles. The molecule has 0 aliphatic rings. The van der Waals surface area contributed by atoms with Gasteiger partial charge < -0.3 is 9.30 Å². The Labute approximate surface area is 177 Å². The van der Waals surface area contributed by atoms with Crippen LogP contribution >= 0.6 is 0 Å². The van der Waals surface area contributed by atoms with E-state index in [1.165, 1.54) is 12.8 Å². The Bertz CT molecular complexity index is 1150. The summed E-state index contributed by atoms with van der Waals surface area (Å²) in [6.45, 7) is 3.10. The van der Waals surface area contributed by atoms with Crippen molar-refractivity contribution in [1.29, 1.82) is 0 Å². The van der Waals surface area contributed by atoms with Crippen LogP contribution in [-0.4, -0.2) is 17.5 Å². The lowest BCUT2D eigenvalue weighted by Crippen LogP contribution is -2.02. The van der Waals surface area contributed by atoms with Crippen LogP contribution in [0.4, 0.5) is 0 Å². The van der Waals surface area contributed by atoms with E-state index in [9.17, 15) is 4.79 Å².